The lowest BCUT2D eigenvalue weighted by Crippen LogP contribution is -2.42. The highest BCUT2D eigenvalue weighted by atomic mass is 16.5. The number of aromatic nitrogens is 3. The molecule has 2 heterocycles. The van der Waals surface area contributed by atoms with Crippen LogP contribution in [0.3, 0.4) is 0 Å². The van der Waals surface area contributed by atoms with Crippen molar-refractivity contribution in [1.82, 2.24) is 15.0 Å². The van der Waals surface area contributed by atoms with Crippen molar-refractivity contribution in [1.29, 1.82) is 5.26 Å². The van der Waals surface area contributed by atoms with Crippen LogP contribution < -0.4 is 15.4 Å². The molecule has 0 aliphatic carbocycles. The molecule has 1 aromatic rings. The summed E-state index contributed by atoms with van der Waals surface area (Å²) in [6, 6.07) is 2.21. The van der Waals surface area contributed by atoms with Crippen molar-refractivity contribution in [2.75, 3.05) is 37.4 Å². The van der Waals surface area contributed by atoms with Crippen LogP contribution in [0.25, 0.3) is 0 Å². The Kier molecular flexibility index (Phi) is 3.20. The number of ether oxygens (including phenoxy) is 2. The van der Waals surface area contributed by atoms with Crippen molar-refractivity contribution >= 4 is 11.9 Å². The molecule has 2 rings (SSSR count). The van der Waals surface area contributed by atoms with Gasteiger partial charge in [-0.25, -0.2) is 0 Å². The van der Waals surface area contributed by atoms with Crippen molar-refractivity contribution in [3.63, 3.8) is 0 Å². The molecular weight excluding hydrogens is 224 g/mol. The lowest BCUT2D eigenvalue weighted by molar-refractivity contribution is 0.0757. The summed E-state index contributed by atoms with van der Waals surface area (Å²) in [6.45, 7) is 1.46. The number of methoxy groups -OCH3 is 1. The number of nitrogens with two attached hydrogens (primary N) is 1. The van der Waals surface area contributed by atoms with E-state index in [1.165, 1.54) is 7.11 Å². The minimum Gasteiger partial charge on any atom is -0.467 e. The van der Waals surface area contributed by atoms with Gasteiger partial charge in [0.1, 0.15) is 0 Å². The van der Waals surface area contributed by atoms with Crippen molar-refractivity contribution < 1.29 is 9.47 Å². The van der Waals surface area contributed by atoms with Gasteiger partial charge in [0.05, 0.1) is 26.3 Å². The zero-order valence-corrected chi connectivity index (χ0v) is 9.33. The normalized spacial score (nSPS) is 19.8. The maximum Gasteiger partial charge on any atom is 0.322 e. The third-order valence-corrected chi connectivity index (χ3v) is 2.30. The van der Waals surface area contributed by atoms with E-state index in [2.05, 4.69) is 15.0 Å². The van der Waals surface area contributed by atoms with E-state index >= 15 is 0 Å². The molecule has 90 valence electrons. The standard InChI is InChI=1S/C9H12N6O2/c1-16-9-13-7(11)12-8(14-9)15-2-3-17-6(4-10)5-15/h6H,2-3,5H2,1H3,(H2,11,12,13,14). The molecule has 17 heavy (non-hydrogen) atoms. The molecule has 1 aliphatic heterocycles. The third kappa shape index (κ3) is 2.51. The second kappa shape index (κ2) is 4.80. The zero-order chi connectivity index (χ0) is 12.3. The Balaban J connectivity index is 2.21. The van der Waals surface area contributed by atoms with E-state index in [9.17, 15) is 0 Å². The van der Waals surface area contributed by atoms with Crippen molar-refractivity contribution in [2.24, 2.45) is 0 Å². The number of hydrogen-bond donors (Lipinski definition) is 1. The Morgan fingerprint density at radius 3 is 3.06 bits per heavy atom. The second-order valence-electron chi connectivity index (χ2n) is 3.41. The quantitative estimate of drug-likeness (QED) is 0.709. The van der Waals surface area contributed by atoms with Gasteiger partial charge in [-0.2, -0.15) is 20.2 Å². The number of rotatable bonds is 2. The predicted molar refractivity (Wildman–Crippen MR) is 58.4 cm³/mol. The number of hydrogen-bond acceptors (Lipinski definition) is 8. The van der Waals surface area contributed by atoms with Crippen LogP contribution in [0.1, 0.15) is 0 Å². The summed E-state index contributed by atoms with van der Waals surface area (Å²) in [4.78, 5) is 13.7. The molecule has 0 amide bonds. The van der Waals surface area contributed by atoms with Crippen LogP contribution in [0.5, 0.6) is 6.01 Å². The van der Waals surface area contributed by atoms with Crippen LogP contribution in [-0.4, -0.2) is 47.9 Å². The Morgan fingerprint density at radius 1 is 1.53 bits per heavy atom. The zero-order valence-electron chi connectivity index (χ0n) is 9.33. The molecule has 1 fully saturated rings. The molecular formula is C9H12N6O2. The Bertz CT molecular complexity index is 446. The molecule has 2 N–H and O–H groups in total. The smallest absolute Gasteiger partial charge is 0.322 e. The summed E-state index contributed by atoms with van der Waals surface area (Å²) in [6.07, 6.45) is -0.479. The van der Waals surface area contributed by atoms with Crippen molar-refractivity contribution in [2.45, 2.75) is 6.10 Å². The Labute approximate surface area is 98.0 Å². The van der Waals surface area contributed by atoms with Gasteiger partial charge in [0.15, 0.2) is 6.10 Å². The first kappa shape index (κ1) is 11.3. The molecule has 8 heteroatoms. The Morgan fingerprint density at radius 2 is 2.35 bits per heavy atom. The summed E-state index contributed by atoms with van der Waals surface area (Å²) < 4.78 is 10.1. The van der Waals surface area contributed by atoms with Gasteiger partial charge in [-0.15, -0.1) is 0 Å². The van der Waals surface area contributed by atoms with E-state index in [-0.39, 0.29) is 12.0 Å². The van der Waals surface area contributed by atoms with Gasteiger partial charge in [-0.05, 0) is 0 Å². The molecule has 1 saturated heterocycles. The second-order valence-corrected chi connectivity index (χ2v) is 3.41. The van der Waals surface area contributed by atoms with E-state index in [1.54, 1.807) is 0 Å². The molecule has 1 aliphatic rings. The molecule has 0 saturated carbocycles. The van der Waals surface area contributed by atoms with Gasteiger partial charge in [0.25, 0.3) is 0 Å². The number of nitrogens with zero attached hydrogens (tertiary/aromatic N) is 5. The minimum atomic E-state index is -0.479. The number of nitrogen functional groups attached to an aromatic ring is 1. The van der Waals surface area contributed by atoms with Crippen LogP contribution >= 0.6 is 0 Å². The average molecular weight is 236 g/mol. The maximum absolute atomic E-state index is 8.81. The average Bonchev–Trinajstić information content (AvgIpc) is 2.38. The highest BCUT2D eigenvalue weighted by molar-refractivity contribution is 5.37. The largest absolute Gasteiger partial charge is 0.467 e. The van der Waals surface area contributed by atoms with Crippen LogP contribution in [0, 0.1) is 11.3 Å². The topological polar surface area (TPSA) is 110 Å². The van der Waals surface area contributed by atoms with Gasteiger partial charge < -0.3 is 20.1 Å². The van der Waals surface area contributed by atoms with Crippen LogP contribution in [0.15, 0.2) is 0 Å². The Hall–Kier alpha value is -2.14. The number of anilines is 2. The summed E-state index contributed by atoms with van der Waals surface area (Å²) in [5.41, 5.74) is 5.54. The molecule has 0 bridgehead atoms. The summed E-state index contributed by atoms with van der Waals surface area (Å²) in [5, 5.41) is 8.81. The van der Waals surface area contributed by atoms with E-state index in [0.717, 1.165) is 0 Å². The molecule has 0 radical (unpaired) electrons. The fourth-order valence-electron chi connectivity index (χ4n) is 1.50. The first-order chi connectivity index (χ1) is 8.22. The van der Waals surface area contributed by atoms with E-state index in [0.29, 0.717) is 25.6 Å². The fourth-order valence-corrected chi connectivity index (χ4v) is 1.50. The van der Waals surface area contributed by atoms with Crippen molar-refractivity contribution in [3.8, 4) is 12.1 Å². The van der Waals surface area contributed by atoms with Crippen LogP contribution in [-0.2, 0) is 4.74 Å². The van der Waals surface area contributed by atoms with Gasteiger partial charge in [-0.1, -0.05) is 0 Å². The third-order valence-electron chi connectivity index (χ3n) is 2.30. The van der Waals surface area contributed by atoms with Gasteiger partial charge in [0.2, 0.25) is 11.9 Å². The van der Waals surface area contributed by atoms with Crippen LogP contribution in [0.2, 0.25) is 0 Å². The number of nitriles is 1. The number of morpholine rings is 1. The summed E-state index contributed by atoms with van der Waals surface area (Å²) >= 11 is 0. The molecule has 0 spiro atoms. The van der Waals surface area contributed by atoms with Gasteiger partial charge >= 0.3 is 6.01 Å². The highest BCUT2D eigenvalue weighted by Crippen LogP contribution is 2.16. The summed E-state index contributed by atoms with van der Waals surface area (Å²) in [7, 11) is 1.45. The highest BCUT2D eigenvalue weighted by Gasteiger charge is 2.22. The molecule has 1 aromatic heterocycles. The van der Waals surface area contributed by atoms with Gasteiger partial charge in [0, 0.05) is 6.54 Å². The van der Waals surface area contributed by atoms with E-state index < -0.39 is 6.10 Å². The molecule has 0 aromatic carbocycles. The first-order valence-corrected chi connectivity index (χ1v) is 5.04. The van der Waals surface area contributed by atoms with E-state index in [1.807, 2.05) is 11.0 Å². The summed E-state index contributed by atoms with van der Waals surface area (Å²) in [5.74, 6) is 0.491. The lowest BCUT2D eigenvalue weighted by atomic mass is 10.3. The predicted octanol–water partition coefficient (Wildman–Crippen LogP) is -0.809. The van der Waals surface area contributed by atoms with Gasteiger partial charge in [-0.3, -0.25) is 0 Å². The molecule has 1 atom stereocenters. The molecule has 1 unspecified atom stereocenters. The SMILES string of the molecule is COc1nc(N)nc(N2CCOC(C#N)C2)n1. The minimum absolute atomic E-state index is 0.0897. The lowest BCUT2D eigenvalue weighted by Gasteiger charge is -2.29. The molecule has 8 nitrogen and oxygen atoms in total. The van der Waals surface area contributed by atoms with Crippen LogP contribution in [0.4, 0.5) is 11.9 Å². The maximum atomic E-state index is 8.81. The fraction of sp³-hybridized carbons (Fsp3) is 0.556. The monoisotopic (exact) mass is 236 g/mol. The van der Waals surface area contributed by atoms with E-state index in [4.69, 9.17) is 20.5 Å². The van der Waals surface area contributed by atoms with Crippen molar-refractivity contribution in [3.05, 3.63) is 0 Å². The first-order valence-electron chi connectivity index (χ1n) is 5.04.